The van der Waals surface area contributed by atoms with E-state index >= 15 is 0 Å². The minimum absolute atomic E-state index is 0.777. The monoisotopic (exact) mass is 463 g/mol. The van der Waals surface area contributed by atoms with Crippen molar-refractivity contribution in [2.45, 2.75) is 84.5 Å². The summed E-state index contributed by atoms with van der Waals surface area (Å²) < 4.78 is 0. The van der Waals surface area contributed by atoms with E-state index in [0.717, 1.165) is 50.1 Å². The summed E-state index contributed by atoms with van der Waals surface area (Å²) in [5, 5.41) is 0. The second kappa shape index (κ2) is 12.2. The van der Waals surface area contributed by atoms with Crippen molar-refractivity contribution in [3.05, 3.63) is 118 Å². The summed E-state index contributed by atoms with van der Waals surface area (Å²) in [4.78, 5) is 4.55. The van der Waals surface area contributed by atoms with Crippen LogP contribution in [-0.4, -0.2) is 4.98 Å². The zero-order valence-corrected chi connectivity index (χ0v) is 21.8. The van der Waals surface area contributed by atoms with Crippen LogP contribution in [0.3, 0.4) is 0 Å². The number of pyridine rings is 1. The number of allylic oxidation sites excluding steroid dienone is 11. The molecule has 0 N–H and O–H groups in total. The van der Waals surface area contributed by atoms with E-state index in [-0.39, 0.29) is 0 Å². The standard InChI is InChI=1S/C34H41N/c1-5-27(19-20-31-14-8-9-22-35-31)32-15-10-13-29-18-16-26(4)17-21-33(29)34(28-11-6-7-12-28)24-30(32)23-25(2)3/h5,8-11,14,22,24,26H,1-2,6-7,12,15-21,23H2,3-4H3. The summed E-state index contributed by atoms with van der Waals surface area (Å²) in [7, 11) is 0. The summed E-state index contributed by atoms with van der Waals surface area (Å²) in [6.07, 6.45) is 23.4. The summed E-state index contributed by atoms with van der Waals surface area (Å²) in [6.45, 7) is 13.1. The van der Waals surface area contributed by atoms with E-state index in [2.05, 4.69) is 74.2 Å². The molecule has 1 aromatic rings. The summed E-state index contributed by atoms with van der Waals surface area (Å²) in [5.41, 5.74) is 16.3. The van der Waals surface area contributed by atoms with E-state index in [1.54, 1.807) is 11.1 Å². The minimum Gasteiger partial charge on any atom is -0.261 e. The molecule has 0 bridgehead atoms. The van der Waals surface area contributed by atoms with Crippen LogP contribution in [-0.2, 0) is 6.42 Å². The van der Waals surface area contributed by atoms with Crippen LogP contribution in [0.4, 0.5) is 0 Å². The van der Waals surface area contributed by atoms with Gasteiger partial charge in [-0.05, 0) is 141 Å². The van der Waals surface area contributed by atoms with Gasteiger partial charge in [0, 0.05) is 11.9 Å². The second-order valence-corrected chi connectivity index (χ2v) is 10.6. The van der Waals surface area contributed by atoms with Gasteiger partial charge in [-0.1, -0.05) is 49.9 Å². The number of fused-ring (bicyclic) bond motifs is 1. The van der Waals surface area contributed by atoms with Crippen LogP contribution in [0.15, 0.2) is 112 Å². The van der Waals surface area contributed by atoms with Gasteiger partial charge in [0.15, 0.2) is 0 Å². The van der Waals surface area contributed by atoms with Crippen LogP contribution in [0.25, 0.3) is 0 Å². The lowest BCUT2D eigenvalue weighted by Gasteiger charge is -2.19. The Morgan fingerprint density at radius 2 is 2.06 bits per heavy atom. The first kappa shape index (κ1) is 25.2. The quantitative estimate of drug-likeness (QED) is 0.290. The maximum absolute atomic E-state index is 4.55. The molecule has 0 aromatic carbocycles. The highest BCUT2D eigenvalue weighted by Crippen LogP contribution is 2.40. The fraction of sp³-hybridized carbons (Fsp3) is 0.412. The number of aromatic nitrogens is 1. The SMILES string of the molecule is C=CC(CCc1ccccn1)=C1CC=C=C2CCC(C)CCC2=C(C2=CCCC2)C=C1CC(=C)C. The fourth-order valence-corrected chi connectivity index (χ4v) is 5.65. The molecule has 182 valence electrons. The average molecular weight is 464 g/mol. The third-order valence-corrected chi connectivity index (χ3v) is 7.64. The van der Waals surface area contributed by atoms with Crippen molar-refractivity contribution in [3.8, 4) is 0 Å². The van der Waals surface area contributed by atoms with E-state index in [0.29, 0.717) is 0 Å². The van der Waals surface area contributed by atoms with E-state index < -0.39 is 0 Å². The first-order valence-electron chi connectivity index (χ1n) is 13.5. The van der Waals surface area contributed by atoms with Crippen molar-refractivity contribution in [1.29, 1.82) is 0 Å². The zero-order chi connectivity index (χ0) is 24.6. The molecule has 3 aliphatic carbocycles. The van der Waals surface area contributed by atoms with Crippen molar-refractivity contribution in [3.63, 3.8) is 0 Å². The molecule has 0 spiro atoms. The predicted molar refractivity (Wildman–Crippen MR) is 150 cm³/mol. The number of rotatable bonds is 7. The Morgan fingerprint density at radius 3 is 2.77 bits per heavy atom. The van der Waals surface area contributed by atoms with Gasteiger partial charge < -0.3 is 0 Å². The van der Waals surface area contributed by atoms with E-state index in [1.165, 1.54) is 65.5 Å². The van der Waals surface area contributed by atoms with Crippen molar-refractivity contribution < 1.29 is 0 Å². The van der Waals surface area contributed by atoms with Crippen LogP contribution < -0.4 is 0 Å². The molecule has 1 atom stereocenters. The Morgan fingerprint density at radius 1 is 1.20 bits per heavy atom. The van der Waals surface area contributed by atoms with Crippen molar-refractivity contribution in [2.24, 2.45) is 5.92 Å². The predicted octanol–water partition coefficient (Wildman–Crippen LogP) is 9.49. The Labute approximate surface area is 213 Å². The molecule has 1 saturated carbocycles. The minimum atomic E-state index is 0.777. The van der Waals surface area contributed by atoms with E-state index in [9.17, 15) is 0 Å². The number of aryl methyl sites for hydroxylation is 1. The molecule has 0 aliphatic heterocycles. The van der Waals surface area contributed by atoms with Gasteiger partial charge in [-0.3, -0.25) is 4.98 Å². The van der Waals surface area contributed by atoms with Gasteiger partial charge in [0.25, 0.3) is 0 Å². The first-order chi connectivity index (χ1) is 17.0. The summed E-state index contributed by atoms with van der Waals surface area (Å²) >= 11 is 0. The zero-order valence-electron chi connectivity index (χ0n) is 21.8. The molecular weight excluding hydrogens is 422 g/mol. The molecule has 1 unspecified atom stereocenters. The topological polar surface area (TPSA) is 12.9 Å². The molecule has 1 fully saturated rings. The smallest absolute Gasteiger partial charge is 0.0406 e. The maximum Gasteiger partial charge on any atom is 0.0406 e. The molecule has 1 nitrogen and oxygen atoms in total. The molecule has 35 heavy (non-hydrogen) atoms. The molecule has 0 radical (unpaired) electrons. The van der Waals surface area contributed by atoms with Crippen LogP contribution in [0.1, 0.15) is 83.7 Å². The molecule has 4 rings (SSSR count). The van der Waals surface area contributed by atoms with Gasteiger partial charge in [-0.2, -0.15) is 0 Å². The first-order valence-corrected chi connectivity index (χ1v) is 13.5. The lowest BCUT2D eigenvalue weighted by molar-refractivity contribution is 0.514. The molecule has 1 aromatic heterocycles. The molecular formula is C34H41N. The fourth-order valence-electron chi connectivity index (χ4n) is 5.65. The lowest BCUT2D eigenvalue weighted by atomic mass is 9.86. The third kappa shape index (κ3) is 6.62. The van der Waals surface area contributed by atoms with Crippen LogP contribution >= 0.6 is 0 Å². The van der Waals surface area contributed by atoms with Crippen molar-refractivity contribution in [1.82, 2.24) is 4.98 Å². The highest BCUT2D eigenvalue weighted by molar-refractivity contribution is 5.57. The highest BCUT2D eigenvalue weighted by atomic mass is 14.7. The number of hydrogen-bond acceptors (Lipinski definition) is 1. The Kier molecular flexibility index (Phi) is 8.78. The molecule has 1 heteroatoms. The lowest BCUT2D eigenvalue weighted by Crippen LogP contribution is -2.01. The van der Waals surface area contributed by atoms with E-state index in [4.69, 9.17) is 0 Å². The van der Waals surface area contributed by atoms with Crippen LogP contribution in [0, 0.1) is 5.92 Å². The summed E-state index contributed by atoms with van der Waals surface area (Å²) in [5.74, 6) is 0.777. The molecule has 0 saturated heterocycles. The normalized spacial score (nSPS) is 22.1. The van der Waals surface area contributed by atoms with Crippen molar-refractivity contribution in [2.75, 3.05) is 0 Å². The van der Waals surface area contributed by atoms with Crippen LogP contribution in [0.2, 0.25) is 0 Å². The van der Waals surface area contributed by atoms with Crippen molar-refractivity contribution >= 4 is 0 Å². The number of nitrogens with zero attached hydrogens (tertiary/aromatic N) is 1. The molecule has 0 amide bonds. The van der Waals surface area contributed by atoms with Gasteiger partial charge in [0.05, 0.1) is 0 Å². The Bertz CT molecular complexity index is 1140. The largest absolute Gasteiger partial charge is 0.261 e. The Hall–Kier alpha value is -2.89. The molecule has 1 heterocycles. The second-order valence-electron chi connectivity index (χ2n) is 10.6. The third-order valence-electron chi connectivity index (χ3n) is 7.64. The highest BCUT2D eigenvalue weighted by Gasteiger charge is 2.22. The van der Waals surface area contributed by atoms with Gasteiger partial charge in [-0.15, -0.1) is 5.73 Å². The van der Waals surface area contributed by atoms with Gasteiger partial charge >= 0.3 is 0 Å². The molecule has 3 aliphatic rings. The summed E-state index contributed by atoms with van der Waals surface area (Å²) in [6, 6.07) is 6.17. The van der Waals surface area contributed by atoms with Crippen LogP contribution in [0.5, 0.6) is 0 Å². The van der Waals surface area contributed by atoms with Gasteiger partial charge in [0.2, 0.25) is 0 Å². The Balaban J connectivity index is 1.85. The van der Waals surface area contributed by atoms with Gasteiger partial charge in [-0.25, -0.2) is 0 Å². The number of hydrogen-bond donors (Lipinski definition) is 0. The maximum atomic E-state index is 4.55. The van der Waals surface area contributed by atoms with E-state index in [1.807, 2.05) is 12.3 Å². The van der Waals surface area contributed by atoms with Gasteiger partial charge in [0.1, 0.15) is 0 Å². The average Bonchev–Trinajstić information content (AvgIpc) is 3.34.